The number of imide groups is 1. The highest BCUT2D eigenvalue weighted by Gasteiger charge is 2.37. The van der Waals surface area contributed by atoms with Gasteiger partial charge in [-0.1, -0.05) is 71.4 Å². The molecular formula is C51H67F2N7O9S. The highest BCUT2D eigenvalue weighted by molar-refractivity contribution is 7.99. The lowest BCUT2D eigenvalue weighted by atomic mass is 9.83. The minimum Gasteiger partial charge on any atom is -0.481 e. The van der Waals surface area contributed by atoms with E-state index >= 15 is 4.39 Å². The van der Waals surface area contributed by atoms with E-state index in [1.165, 1.54) is 30.8 Å². The molecule has 3 unspecified atom stereocenters. The van der Waals surface area contributed by atoms with Gasteiger partial charge in [0, 0.05) is 86.5 Å². The van der Waals surface area contributed by atoms with Crippen LogP contribution in [0.15, 0.2) is 72.9 Å². The molecule has 1 aliphatic heterocycles. The van der Waals surface area contributed by atoms with E-state index in [2.05, 4.69) is 21.3 Å². The van der Waals surface area contributed by atoms with Crippen LogP contribution in [0.2, 0.25) is 0 Å². The topological polar surface area (TPSA) is 216 Å². The fraction of sp³-hybridized carbons (Fsp3) is 0.490. The van der Waals surface area contributed by atoms with E-state index in [4.69, 9.17) is 5.11 Å². The maximum absolute atomic E-state index is 15.3. The minimum absolute atomic E-state index is 0.0152. The lowest BCUT2D eigenvalue weighted by Crippen LogP contribution is -2.54. The van der Waals surface area contributed by atoms with Gasteiger partial charge in [-0.25, -0.2) is 8.78 Å². The molecule has 70 heavy (non-hydrogen) atoms. The Morgan fingerprint density at radius 1 is 0.786 bits per heavy atom. The van der Waals surface area contributed by atoms with Crippen LogP contribution in [-0.2, 0) is 44.9 Å². The number of aliphatic carboxylic acids is 1. The minimum atomic E-state index is -1.04. The van der Waals surface area contributed by atoms with Gasteiger partial charge in [0.25, 0.3) is 11.8 Å². The number of nitrogens with zero attached hydrogens (tertiary/aromatic N) is 3. The van der Waals surface area contributed by atoms with Crippen LogP contribution in [0.1, 0.15) is 104 Å². The van der Waals surface area contributed by atoms with Crippen molar-refractivity contribution in [2.75, 3.05) is 37.7 Å². The van der Waals surface area contributed by atoms with Crippen LogP contribution in [-0.4, -0.2) is 117 Å². The normalized spacial score (nSPS) is 13.8. The fourth-order valence-corrected chi connectivity index (χ4v) is 8.78. The van der Waals surface area contributed by atoms with Crippen molar-refractivity contribution in [1.29, 1.82) is 0 Å². The average molecular weight is 992 g/mol. The number of carbonyl (C=O) groups excluding carboxylic acids is 7. The second-order valence-corrected chi connectivity index (χ2v) is 19.8. The zero-order valence-corrected chi connectivity index (χ0v) is 41.7. The largest absolute Gasteiger partial charge is 0.481 e. The van der Waals surface area contributed by atoms with Crippen molar-refractivity contribution >= 4 is 59.1 Å². The zero-order valence-electron chi connectivity index (χ0n) is 40.9. The summed E-state index contributed by atoms with van der Waals surface area (Å²) in [5, 5.41) is 19.8. The Balaban J connectivity index is 1.46. The third-order valence-corrected chi connectivity index (χ3v) is 12.5. The first-order valence-corrected chi connectivity index (χ1v) is 24.8. The molecule has 1 aromatic heterocycles. The van der Waals surface area contributed by atoms with Crippen LogP contribution in [0.5, 0.6) is 0 Å². The number of unbranched alkanes of at least 4 members (excludes halogenated alkanes) is 2. The highest BCUT2D eigenvalue weighted by Crippen LogP contribution is 2.41. The molecular weight excluding hydrogens is 925 g/mol. The Labute approximate surface area is 412 Å². The summed E-state index contributed by atoms with van der Waals surface area (Å²) in [6.45, 7) is 11.8. The summed E-state index contributed by atoms with van der Waals surface area (Å²) in [7, 11) is 0. The lowest BCUT2D eigenvalue weighted by molar-refractivity contribution is -0.138. The fourth-order valence-electron chi connectivity index (χ4n) is 7.96. The van der Waals surface area contributed by atoms with E-state index in [9.17, 15) is 42.7 Å². The molecule has 3 atom stereocenters. The molecule has 5 N–H and O–H groups in total. The average Bonchev–Trinajstić information content (AvgIpc) is 3.85. The number of nitrogens with one attached hydrogen (secondary N) is 4. The number of rotatable bonds is 28. The number of carboxylic acid groups (broad SMARTS) is 1. The van der Waals surface area contributed by atoms with Crippen molar-refractivity contribution in [2.45, 2.75) is 111 Å². The second kappa shape index (κ2) is 27.1. The molecule has 0 saturated heterocycles. The van der Waals surface area contributed by atoms with Gasteiger partial charge in [-0.3, -0.25) is 43.3 Å². The number of carboxylic acids is 1. The molecule has 7 amide bonds. The number of halogens is 2. The van der Waals surface area contributed by atoms with Gasteiger partial charge < -0.3 is 35.8 Å². The van der Waals surface area contributed by atoms with Crippen molar-refractivity contribution in [3.8, 4) is 11.1 Å². The molecule has 1 aliphatic rings. The maximum Gasteiger partial charge on any atom is 0.305 e. The van der Waals surface area contributed by atoms with E-state index in [0.717, 1.165) is 28.7 Å². The van der Waals surface area contributed by atoms with Crippen LogP contribution in [0.25, 0.3) is 11.1 Å². The van der Waals surface area contributed by atoms with Crippen LogP contribution < -0.4 is 21.3 Å². The molecule has 0 bridgehead atoms. The molecule has 19 heteroatoms. The third-order valence-electron chi connectivity index (χ3n) is 11.5. The molecule has 380 valence electrons. The van der Waals surface area contributed by atoms with Crippen molar-refractivity contribution in [3.63, 3.8) is 0 Å². The monoisotopic (exact) mass is 991 g/mol. The molecule has 0 radical (unpaired) electrons. The number of benzene rings is 2. The Bertz CT molecular complexity index is 2330. The van der Waals surface area contributed by atoms with Crippen molar-refractivity contribution in [3.05, 3.63) is 95.8 Å². The molecule has 2 aromatic carbocycles. The first kappa shape index (κ1) is 56.2. The first-order valence-electron chi connectivity index (χ1n) is 23.6. The van der Waals surface area contributed by atoms with Crippen molar-refractivity contribution < 1.29 is 52.2 Å². The van der Waals surface area contributed by atoms with Crippen LogP contribution in [0.4, 0.5) is 8.78 Å². The van der Waals surface area contributed by atoms with Gasteiger partial charge in [-0.15, -0.1) is 0 Å². The molecule has 16 nitrogen and oxygen atoms in total. The van der Waals surface area contributed by atoms with E-state index in [0.29, 0.717) is 37.1 Å². The number of hydrogen-bond acceptors (Lipinski definition) is 9. The summed E-state index contributed by atoms with van der Waals surface area (Å²) in [6, 6.07) is 12.0. The molecule has 3 aromatic rings. The lowest BCUT2D eigenvalue weighted by Gasteiger charge is -2.41. The predicted molar refractivity (Wildman–Crippen MR) is 263 cm³/mol. The van der Waals surface area contributed by atoms with Gasteiger partial charge in [0.05, 0.1) is 18.2 Å². The number of carbonyl (C=O) groups is 8. The predicted octanol–water partition coefficient (Wildman–Crippen LogP) is 5.75. The van der Waals surface area contributed by atoms with Crippen molar-refractivity contribution in [1.82, 2.24) is 35.6 Å². The quantitative estimate of drug-likeness (QED) is 0.0439. The first-order chi connectivity index (χ1) is 33.2. The van der Waals surface area contributed by atoms with Gasteiger partial charge in [0.2, 0.25) is 29.5 Å². The van der Waals surface area contributed by atoms with Gasteiger partial charge >= 0.3 is 5.97 Å². The number of amides is 7. The van der Waals surface area contributed by atoms with E-state index < -0.39 is 53.0 Å². The van der Waals surface area contributed by atoms with Crippen LogP contribution in [0, 0.1) is 23.0 Å². The Morgan fingerprint density at radius 3 is 2.14 bits per heavy atom. The number of hydrogen-bond donors (Lipinski definition) is 5. The zero-order chi connectivity index (χ0) is 51.5. The highest BCUT2D eigenvalue weighted by atomic mass is 32.2. The van der Waals surface area contributed by atoms with E-state index in [1.54, 1.807) is 31.0 Å². The molecule has 0 saturated carbocycles. The number of thioether (sulfide) groups is 1. The molecule has 0 spiro atoms. The Hall–Kier alpha value is -6.37. The Kier molecular flexibility index (Phi) is 21.8. The van der Waals surface area contributed by atoms with E-state index in [-0.39, 0.29) is 104 Å². The van der Waals surface area contributed by atoms with Gasteiger partial charge in [0.15, 0.2) is 0 Å². The summed E-state index contributed by atoms with van der Waals surface area (Å²) >= 11 is 1.24. The van der Waals surface area contributed by atoms with Gasteiger partial charge in [0.1, 0.15) is 23.7 Å². The smallest absolute Gasteiger partial charge is 0.305 e. The summed E-state index contributed by atoms with van der Waals surface area (Å²) in [6.07, 6.45) is 6.02. The van der Waals surface area contributed by atoms with Crippen LogP contribution in [0.3, 0.4) is 0 Å². The molecule has 4 rings (SSSR count). The third kappa shape index (κ3) is 17.5. The summed E-state index contributed by atoms with van der Waals surface area (Å²) in [5.74, 6) is -5.05. The van der Waals surface area contributed by atoms with Crippen LogP contribution >= 0.6 is 11.8 Å². The standard InChI is InChI=1S/C51H67F2N7O9S/c1-33(2)47(57-42(62)16-11-8-12-25-59-43(63)19-20-44(59)64)50(69)56-34(3)49(68)55-23-13-26-60(45(65)32-70-27-22-41(61)54-24-21-46(66)67)48(51(4,5)6)40-28-36(38-29-37(52)17-18-39(38)53)31-58(40)30-35-14-9-7-10-15-35/h7,9-10,14-15,17-20,28-29,31,33-34,47-48H,8,11-13,16,21-27,30,32H2,1-6H3,(H,54,61)(H,55,68)(H,56,69)(H,57,62)(H,66,67). The summed E-state index contributed by atoms with van der Waals surface area (Å²) in [4.78, 5) is 104. The Morgan fingerprint density at radius 2 is 1.49 bits per heavy atom. The second-order valence-electron chi connectivity index (χ2n) is 18.7. The van der Waals surface area contributed by atoms with E-state index in [1.807, 2.05) is 55.7 Å². The molecule has 2 heterocycles. The number of aromatic nitrogens is 1. The molecule has 0 fully saturated rings. The maximum atomic E-state index is 15.3. The van der Waals surface area contributed by atoms with Gasteiger partial charge in [-0.05, 0) is 67.3 Å². The SMILES string of the molecule is CC(NC(=O)C(NC(=O)CCCCCN1C(=O)C=CC1=O)C(C)C)C(=O)NCCCN(C(=O)CSCCC(=O)NCCC(=O)O)C(c1cc(-c2cc(F)ccc2F)cn1Cc1ccccc1)C(C)(C)C. The molecule has 0 aliphatic carbocycles. The summed E-state index contributed by atoms with van der Waals surface area (Å²) < 4.78 is 31.8. The van der Waals surface area contributed by atoms with Crippen molar-refractivity contribution in [2.24, 2.45) is 11.3 Å². The summed E-state index contributed by atoms with van der Waals surface area (Å²) in [5.41, 5.74) is 1.41. The van der Waals surface area contributed by atoms with Gasteiger partial charge in [-0.2, -0.15) is 11.8 Å².